The van der Waals surface area contributed by atoms with Gasteiger partial charge in [-0.3, -0.25) is 9.69 Å². The van der Waals surface area contributed by atoms with Crippen LogP contribution >= 0.6 is 23.4 Å². The van der Waals surface area contributed by atoms with Gasteiger partial charge in [-0.05, 0) is 78.6 Å². The molecule has 1 aliphatic rings. The maximum atomic E-state index is 13.7. The van der Waals surface area contributed by atoms with Gasteiger partial charge in [0.1, 0.15) is 0 Å². The maximum Gasteiger partial charge on any atom is 0.271 e. The topological polar surface area (TPSA) is 62.1 Å². The third-order valence-corrected chi connectivity index (χ3v) is 6.91. The van der Waals surface area contributed by atoms with Gasteiger partial charge in [-0.1, -0.05) is 61.8 Å². The number of ether oxygens (including phenoxy) is 1. The van der Waals surface area contributed by atoms with E-state index in [0.717, 1.165) is 35.3 Å². The monoisotopic (exact) mass is 506 g/mol. The highest BCUT2D eigenvalue weighted by atomic mass is 35.5. The van der Waals surface area contributed by atoms with E-state index in [2.05, 4.69) is 19.9 Å². The zero-order chi connectivity index (χ0) is 24.9. The number of rotatable bonds is 7. The molecule has 1 fully saturated rings. The minimum atomic E-state index is -0.161. The van der Waals surface area contributed by atoms with E-state index < -0.39 is 0 Å². The predicted octanol–water partition coefficient (Wildman–Crippen LogP) is 7.38. The molecule has 1 N–H and O–H groups in total. The van der Waals surface area contributed by atoms with E-state index in [1.54, 1.807) is 23.1 Å². The first kappa shape index (κ1) is 24.9. The fourth-order valence-corrected chi connectivity index (χ4v) is 5.11. The fraction of sp³-hybridized carbons (Fsp3) is 0.214. The molecule has 35 heavy (non-hydrogen) atoms. The van der Waals surface area contributed by atoms with Gasteiger partial charge in [0.25, 0.3) is 5.91 Å². The van der Waals surface area contributed by atoms with E-state index in [1.807, 2.05) is 49.4 Å². The summed E-state index contributed by atoms with van der Waals surface area (Å²) in [5.41, 5.74) is 4.50. The van der Waals surface area contributed by atoms with Crippen molar-refractivity contribution in [1.82, 2.24) is 0 Å². The number of nitrogens with zero attached hydrogens (tertiary/aromatic N) is 2. The summed E-state index contributed by atoms with van der Waals surface area (Å²) in [7, 11) is 0. The van der Waals surface area contributed by atoms with E-state index >= 15 is 0 Å². The zero-order valence-corrected chi connectivity index (χ0v) is 21.5. The van der Waals surface area contributed by atoms with E-state index in [4.69, 9.17) is 21.3 Å². The number of halogens is 1. The molecule has 3 aromatic carbocycles. The van der Waals surface area contributed by atoms with E-state index in [1.165, 1.54) is 11.8 Å². The summed E-state index contributed by atoms with van der Waals surface area (Å²) < 4.78 is 5.51. The Kier molecular flexibility index (Phi) is 7.83. The smallest absolute Gasteiger partial charge is 0.271 e. The zero-order valence-electron chi connectivity index (χ0n) is 19.9. The van der Waals surface area contributed by atoms with Gasteiger partial charge >= 0.3 is 0 Å². The third-order valence-electron chi connectivity index (χ3n) is 5.66. The quantitative estimate of drug-likeness (QED) is 0.339. The lowest BCUT2D eigenvalue weighted by Crippen LogP contribution is -2.29. The predicted molar refractivity (Wildman–Crippen MR) is 146 cm³/mol. The van der Waals surface area contributed by atoms with Crippen LogP contribution in [0.2, 0.25) is 5.02 Å². The molecule has 180 valence electrons. The normalized spacial score (nSPS) is 15.9. The summed E-state index contributed by atoms with van der Waals surface area (Å²) in [5.74, 6) is 0.00465. The van der Waals surface area contributed by atoms with Crippen LogP contribution in [0.3, 0.4) is 0 Å². The number of hydrogen-bond donors (Lipinski definition) is 1. The second kappa shape index (κ2) is 11.0. The minimum absolute atomic E-state index is 0.113. The first-order valence-corrected chi connectivity index (χ1v) is 12.8. The van der Waals surface area contributed by atoms with Crippen LogP contribution in [0, 0.1) is 0 Å². The molecule has 1 heterocycles. The molecular formula is C28H27ClN2O3S. The molecule has 0 bridgehead atoms. The number of hydrogen-bond acceptors (Lipinski definition) is 5. The van der Waals surface area contributed by atoms with Gasteiger partial charge in [0.2, 0.25) is 0 Å². The van der Waals surface area contributed by atoms with Crippen molar-refractivity contribution in [3.63, 3.8) is 0 Å². The van der Waals surface area contributed by atoms with Gasteiger partial charge in [-0.15, -0.1) is 0 Å². The molecule has 7 heteroatoms. The number of aromatic hydroxyl groups is 1. The summed E-state index contributed by atoms with van der Waals surface area (Å²) in [6, 6.07) is 19.1. The van der Waals surface area contributed by atoms with Crippen LogP contribution in [0.1, 0.15) is 37.5 Å². The lowest BCUT2D eigenvalue weighted by Gasteiger charge is -2.19. The van der Waals surface area contributed by atoms with Crippen molar-refractivity contribution in [1.29, 1.82) is 0 Å². The molecule has 1 saturated heterocycles. The van der Waals surface area contributed by atoms with E-state index in [9.17, 15) is 9.90 Å². The molecule has 1 aliphatic heterocycles. The Balaban J connectivity index is 1.84. The Hall–Kier alpha value is -3.22. The number of aliphatic imine (C=N–C) groups is 1. The van der Waals surface area contributed by atoms with Crippen LogP contribution < -0.4 is 9.64 Å². The van der Waals surface area contributed by atoms with Gasteiger partial charge in [-0.25, -0.2) is 4.99 Å². The molecule has 5 nitrogen and oxygen atoms in total. The van der Waals surface area contributed by atoms with Gasteiger partial charge in [0, 0.05) is 0 Å². The molecule has 0 radical (unpaired) electrons. The number of carbonyl (C=O) groups excluding carboxylic acids is 1. The highest BCUT2D eigenvalue weighted by Gasteiger charge is 2.36. The number of anilines is 1. The number of phenols is 1. The molecule has 4 rings (SSSR count). The molecule has 0 unspecified atom stereocenters. The van der Waals surface area contributed by atoms with Crippen LogP contribution in [0.5, 0.6) is 11.5 Å². The van der Waals surface area contributed by atoms with Crippen LogP contribution in [0.4, 0.5) is 11.4 Å². The summed E-state index contributed by atoms with van der Waals surface area (Å²) in [6.07, 6.45) is 3.39. The molecule has 0 saturated carbocycles. The van der Waals surface area contributed by atoms with Crippen molar-refractivity contribution in [2.24, 2.45) is 4.99 Å². The summed E-state index contributed by atoms with van der Waals surface area (Å²) in [6.45, 7) is 6.37. The standard InChI is InChI=1S/C28H27ClN2O3S/c1-4-19-11-7-9-13-22(19)30-28-31(23-14-10-8-12-20(23)5-2)27(33)25(35-28)17-18-15-21(29)26(32)24(16-18)34-6-3/h7-17,32H,4-6H2,1-3H3/b25-17-,30-28?. The summed E-state index contributed by atoms with van der Waals surface area (Å²) in [5, 5.41) is 11.0. The van der Waals surface area contributed by atoms with Crippen LogP contribution in [-0.4, -0.2) is 22.8 Å². The minimum Gasteiger partial charge on any atom is -0.503 e. The number of carbonyl (C=O) groups is 1. The van der Waals surface area contributed by atoms with Crippen molar-refractivity contribution >= 4 is 51.9 Å². The second-order valence-corrected chi connectivity index (χ2v) is 9.31. The molecule has 0 aromatic heterocycles. The van der Waals surface area contributed by atoms with Gasteiger partial charge in [-0.2, -0.15) is 0 Å². The van der Waals surface area contributed by atoms with Crippen molar-refractivity contribution in [3.05, 3.63) is 87.3 Å². The SMILES string of the molecule is CCOc1cc(/C=C2\SC(=Nc3ccccc3CC)N(c3ccccc3CC)C2=O)cc(Cl)c1O. The second-order valence-electron chi connectivity index (χ2n) is 7.89. The Morgan fingerprint density at radius 2 is 1.71 bits per heavy atom. The molecule has 0 atom stereocenters. The Morgan fingerprint density at radius 1 is 1.03 bits per heavy atom. The largest absolute Gasteiger partial charge is 0.503 e. The van der Waals surface area contributed by atoms with Crippen molar-refractivity contribution in [3.8, 4) is 11.5 Å². The average molecular weight is 507 g/mol. The van der Waals surface area contributed by atoms with E-state index in [0.29, 0.717) is 22.2 Å². The van der Waals surface area contributed by atoms with Crippen molar-refractivity contribution in [2.75, 3.05) is 11.5 Å². The number of thioether (sulfide) groups is 1. The number of phenolic OH excluding ortho intramolecular Hbond substituents is 1. The number of aryl methyl sites for hydroxylation is 2. The fourth-order valence-electron chi connectivity index (χ4n) is 3.91. The number of amides is 1. The lowest BCUT2D eigenvalue weighted by molar-refractivity contribution is -0.113. The lowest BCUT2D eigenvalue weighted by atomic mass is 10.1. The number of para-hydroxylation sites is 2. The molecule has 3 aromatic rings. The number of benzene rings is 3. The molecule has 0 aliphatic carbocycles. The van der Waals surface area contributed by atoms with Crippen molar-refractivity contribution in [2.45, 2.75) is 33.6 Å². The maximum absolute atomic E-state index is 13.7. The van der Waals surface area contributed by atoms with Crippen LogP contribution in [0.15, 0.2) is 70.6 Å². The summed E-state index contributed by atoms with van der Waals surface area (Å²) in [4.78, 5) is 20.9. The van der Waals surface area contributed by atoms with Gasteiger partial charge < -0.3 is 9.84 Å². The van der Waals surface area contributed by atoms with Gasteiger partial charge in [0.05, 0.1) is 27.9 Å². The highest BCUT2D eigenvalue weighted by Crippen LogP contribution is 2.41. The van der Waals surface area contributed by atoms with Crippen LogP contribution in [-0.2, 0) is 17.6 Å². The number of amidine groups is 1. The Bertz CT molecular complexity index is 1320. The van der Waals surface area contributed by atoms with E-state index in [-0.39, 0.29) is 22.4 Å². The first-order valence-electron chi connectivity index (χ1n) is 11.6. The first-order chi connectivity index (χ1) is 17.0. The highest BCUT2D eigenvalue weighted by molar-refractivity contribution is 8.19. The summed E-state index contributed by atoms with van der Waals surface area (Å²) >= 11 is 7.55. The molecule has 1 amide bonds. The van der Waals surface area contributed by atoms with Gasteiger partial charge in [0.15, 0.2) is 16.7 Å². The third kappa shape index (κ3) is 5.24. The Morgan fingerprint density at radius 3 is 2.43 bits per heavy atom. The molecule has 0 spiro atoms. The molecular weight excluding hydrogens is 480 g/mol. The Labute approximate surface area is 215 Å². The van der Waals surface area contributed by atoms with Crippen LogP contribution in [0.25, 0.3) is 6.08 Å². The average Bonchev–Trinajstić information content (AvgIpc) is 3.16. The van der Waals surface area contributed by atoms with Crippen molar-refractivity contribution < 1.29 is 14.6 Å².